The van der Waals surface area contributed by atoms with E-state index in [4.69, 9.17) is 23.2 Å². The highest BCUT2D eigenvalue weighted by Gasteiger charge is 2.29. The van der Waals surface area contributed by atoms with Crippen LogP contribution in [0.25, 0.3) is 11.4 Å². The van der Waals surface area contributed by atoms with Crippen LogP contribution in [0.2, 0.25) is 10.2 Å². The van der Waals surface area contributed by atoms with Crippen molar-refractivity contribution in [3.05, 3.63) is 43.5 Å². The van der Waals surface area contributed by atoms with Crippen molar-refractivity contribution in [2.24, 2.45) is 0 Å². The second kappa shape index (κ2) is 5.14. The number of rotatable bonds is 2. The Morgan fingerprint density at radius 3 is 2.58 bits per heavy atom. The van der Waals surface area contributed by atoms with Crippen molar-refractivity contribution >= 4 is 45.8 Å². The van der Waals surface area contributed by atoms with Crippen molar-refractivity contribution < 1.29 is 4.39 Å². The molecule has 98 valence electrons. The van der Waals surface area contributed by atoms with E-state index in [1.807, 2.05) is 0 Å². The third-order valence-electron chi connectivity index (χ3n) is 2.98. The monoisotopic (exact) mass is 408 g/mol. The van der Waals surface area contributed by atoms with E-state index in [-0.39, 0.29) is 5.02 Å². The third-order valence-corrected chi connectivity index (χ3v) is 4.94. The van der Waals surface area contributed by atoms with Crippen LogP contribution >= 0.6 is 45.8 Å². The van der Waals surface area contributed by atoms with Crippen LogP contribution in [0, 0.1) is 9.39 Å². The van der Waals surface area contributed by atoms with Crippen LogP contribution in [0.5, 0.6) is 0 Å². The van der Waals surface area contributed by atoms with Crippen molar-refractivity contribution in [2.75, 3.05) is 0 Å². The largest absolute Gasteiger partial charge is 0.232 e. The summed E-state index contributed by atoms with van der Waals surface area (Å²) in [6.07, 6.45) is 2.25. The molecule has 6 heteroatoms. The lowest BCUT2D eigenvalue weighted by molar-refractivity contribution is 0.628. The molecule has 2 aromatic rings. The fraction of sp³-hybridized carbons (Fsp3) is 0.231. The van der Waals surface area contributed by atoms with Gasteiger partial charge in [-0.05, 0) is 53.6 Å². The molecule has 1 aliphatic rings. The first-order chi connectivity index (χ1) is 9.06. The number of nitrogens with zero attached hydrogens (tertiary/aromatic N) is 2. The average Bonchev–Trinajstić information content (AvgIpc) is 3.20. The van der Waals surface area contributed by atoms with Crippen molar-refractivity contribution in [2.45, 2.75) is 18.8 Å². The fourth-order valence-corrected chi connectivity index (χ4v) is 2.80. The molecule has 1 aromatic heterocycles. The van der Waals surface area contributed by atoms with E-state index in [0.29, 0.717) is 22.5 Å². The number of hydrogen-bond acceptors (Lipinski definition) is 2. The van der Waals surface area contributed by atoms with Crippen LogP contribution in [0.1, 0.15) is 24.5 Å². The second-order valence-electron chi connectivity index (χ2n) is 4.44. The molecular weight excluding hydrogens is 401 g/mol. The second-order valence-corrected chi connectivity index (χ2v) is 6.28. The molecule has 1 fully saturated rings. The molecule has 0 aliphatic heterocycles. The zero-order chi connectivity index (χ0) is 13.6. The topological polar surface area (TPSA) is 25.8 Å². The maximum Gasteiger partial charge on any atom is 0.161 e. The summed E-state index contributed by atoms with van der Waals surface area (Å²) in [5.74, 6) is 0.427. The molecule has 1 saturated carbocycles. The molecule has 1 aromatic carbocycles. The van der Waals surface area contributed by atoms with E-state index < -0.39 is 5.82 Å². The van der Waals surface area contributed by atoms with Gasteiger partial charge in [-0.15, -0.1) is 0 Å². The molecule has 3 rings (SSSR count). The zero-order valence-electron chi connectivity index (χ0n) is 9.63. The summed E-state index contributed by atoms with van der Waals surface area (Å²) in [5, 5.41) is 0.505. The first-order valence-corrected chi connectivity index (χ1v) is 7.58. The van der Waals surface area contributed by atoms with Crippen LogP contribution < -0.4 is 0 Å². The highest BCUT2D eigenvalue weighted by molar-refractivity contribution is 14.1. The molecule has 0 unspecified atom stereocenters. The highest BCUT2D eigenvalue weighted by atomic mass is 127. The Hall–Kier alpha value is -0.460. The predicted molar refractivity (Wildman–Crippen MR) is 82.1 cm³/mol. The molecule has 1 aliphatic carbocycles. The summed E-state index contributed by atoms with van der Waals surface area (Å²) in [6.45, 7) is 0. The zero-order valence-corrected chi connectivity index (χ0v) is 13.3. The summed E-state index contributed by atoms with van der Waals surface area (Å²) in [4.78, 5) is 8.74. The number of aromatic nitrogens is 2. The van der Waals surface area contributed by atoms with E-state index in [9.17, 15) is 4.39 Å². The summed E-state index contributed by atoms with van der Waals surface area (Å²) in [5.41, 5.74) is 1.55. The molecule has 0 saturated heterocycles. The first-order valence-electron chi connectivity index (χ1n) is 5.74. The van der Waals surface area contributed by atoms with Crippen molar-refractivity contribution in [3.8, 4) is 11.4 Å². The van der Waals surface area contributed by atoms with Gasteiger partial charge in [-0.3, -0.25) is 0 Å². The number of halogens is 4. The van der Waals surface area contributed by atoms with Crippen LogP contribution in [-0.2, 0) is 0 Å². The van der Waals surface area contributed by atoms with Crippen molar-refractivity contribution in [3.63, 3.8) is 0 Å². The number of hydrogen-bond donors (Lipinski definition) is 0. The van der Waals surface area contributed by atoms with Gasteiger partial charge in [0.25, 0.3) is 0 Å². The van der Waals surface area contributed by atoms with Gasteiger partial charge >= 0.3 is 0 Å². The lowest BCUT2D eigenvalue weighted by atomic mass is 10.2. The van der Waals surface area contributed by atoms with E-state index >= 15 is 0 Å². The Bertz CT molecular complexity index is 659. The van der Waals surface area contributed by atoms with Crippen molar-refractivity contribution in [1.29, 1.82) is 0 Å². The lowest BCUT2D eigenvalue weighted by Crippen LogP contribution is -1.99. The van der Waals surface area contributed by atoms with Crippen LogP contribution in [-0.4, -0.2) is 9.97 Å². The van der Waals surface area contributed by atoms with Crippen LogP contribution in [0.4, 0.5) is 4.39 Å². The Morgan fingerprint density at radius 2 is 1.95 bits per heavy atom. The van der Waals surface area contributed by atoms with E-state index in [1.54, 1.807) is 6.07 Å². The molecule has 0 spiro atoms. The van der Waals surface area contributed by atoms with Gasteiger partial charge in [0.2, 0.25) is 0 Å². The Morgan fingerprint density at radius 1 is 1.21 bits per heavy atom. The van der Waals surface area contributed by atoms with Gasteiger partial charge in [0.1, 0.15) is 11.0 Å². The van der Waals surface area contributed by atoms with Gasteiger partial charge in [0, 0.05) is 11.5 Å². The van der Waals surface area contributed by atoms with Gasteiger partial charge in [-0.2, -0.15) is 0 Å². The molecule has 2 nitrogen and oxygen atoms in total. The molecule has 1 heterocycles. The van der Waals surface area contributed by atoms with Crippen molar-refractivity contribution in [1.82, 2.24) is 9.97 Å². The minimum atomic E-state index is -0.481. The van der Waals surface area contributed by atoms with Gasteiger partial charge in [-0.25, -0.2) is 14.4 Å². The van der Waals surface area contributed by atoms with Gasteiger partial charge in [0.15, 0.2) is 5.82 Å². The quantitative estimate of drug-likeness (QED) is 0.512. The van der Waals surface area contributed by atoms with Gasteiger partial charge in [0.05, 0.1) is 14.3 Å². The maximum atomic E-state index is 13.5. The van der Waals surface area contributed by atoms with E-state index in [1.165, 1.54) is 12.1 Å². The molecule has 0 bridgehead atoms. The summed E-state index contributed by atoms with van der Waals surface area (Å²) >= 11 is 14.0. The molecule has 0 atom stereocenters. The summed E-state index contributed by atoms with van der Waals surface area (Å²) in [7, 11) is 0. The molecular formula is C13H8Cl2FIN2. The maximum absolute atomic E-state index is 13.5. The normalized spacial score (nSPS) is 14.7. The third kappa shape index (κ3) is 2.71. The SMILES string of the molecule is Fc1cc(-c2nc(Cl)c(I)c(C3CC3)n2)ccc1Cl. The molecule has 0 radical (unpaired) electrons. The van der Waals surface area contributed by atoms with E-state index in [0.717, 1.165) is 22.1 Å². The Kier molecular flexibility index (Phi) is 3.66. The summed E-state index contributed by atoms with van der Waals surface area (Å²) in [6, 6.07) is 4.52. The average molecular weight is 409 g/mol. The minimum Gasteiger partial charge on any atom is -0.232 e. The highest BCUT2D eigenvalue weighted by Crippen LogP contribution is 2.42. The summed E-state index contributed by atoms with van der Waals surface area (Å²) < 4.78 is 14.4. The first kappa shape index (κ1) is 13.5. The molecule has 0 N–H and O–H groups in total. The predicted octanol–water partition coefficient (Wildman–Crippen LogP) is 5.07. The minimum absolute atomic E-state index is 0.0859. The fourth-order valence-electron chi connectivity index (χ4n) is 1.83. The number of benzene rings is 1. The van der Waals surface area contributed by atoms with Gasteiger partial charge in [-0.1, -0.05) is 23.2 Å². The van der Waals surface area contributed by atoms with Crippen LogP contribution in [0.15, 0.2) is 18.2 Å². The van der Waals surface area contributed by atoms with Crippen LogP contribution in [0.3, 0.4) is 0 Å². The molecule has 0 amide bonds. The standard InChI is InChI=1S/C13H8Cl2FIN2/c14-8-4-3-7(5-9(8)16)13-18-11(6-1-2-6)10(17)12(15)19-13/h3-6H,1-2H2. The Balaban J connectivity index is 2.11. The molecule has 19 heavy (non-hydrogen) atoms. The van der Waals surface area contributed by atoms with Gasteiger partial charge < -0.3 is 0 Å². The smallest absolute Gasteiger partial charge is 0.161 e. The van der Waals surface area contributed by atoms with E-state index in [2.05, 4.69) is 32.6 Å². The Labute approximate surface area is 133 Å². The lowest BCUT2D eigenvalue weighted by Gasteiger charge is -2.08.